The number of fused-ring (bicyclic) bond motifs is 1. The highest BCUT2D eigenvalue weighted by molar-refractivity contribution is 4.96. The summed E-state index contributed by atoms with van der Waals surface area (Å²) in [6, 6.07) is 0. The Morgan fingerprint density at radius 1 is 0.562 bits per heavy atom. The first-order chi connectivity index (χ1) is 7.97. The molecule has 0 aliphatic heterocycles. The molecule has 0 aromatic carbocycles. The minimum absolute atomic E-state index is 1.08. The number of hydrogen-bond donors (Lipinski definition) is 0. The third-order valence-electron chi connectivity index (χ3n) is 4.27. The third-order valence-corrected chi connectivity index (χ3v) is 4.27. The molecule has 0 amide bonds. The SMILES string of the molecule is C1=CCC2CCCC2C1.C1=CCCCCC1. The Bertz CT molecular complexity index is 214. The van der Waals surface area contributed by atoms with Crippen molar-refractivity contribution in [3.63, 3.8) is 0 Å². The Hall–Kier alpha value is -0.520. The summed E-state index contributed by atoms with van der Waals surface area (Å²) in [6.07, 6.45) is 23.5. The zero-order valence-electron chi connectivity index (χ0n) is 10.5. The molecule has 2 atom stereocenters. The van der Waals surface area contributed by atoms with Crippen molar-refractivity contribution in [2.75, 3.05) is 0 Å². The quantitative estimate of drug-likeness (QED) is 0.486. The Kier molecular flexibility index (Phi) is 5.18. The molecule has 0 radical (unpaired) electrons. The second kappa shape index (κ2) is 6.93. The van der Waals surface area contributed by atoms with Crippen molar-refractivity contribution in [2.24, 2.45) is 11.8 Å². The lowest BCUT2D eigenvalue weighted by atomic mass is 9.86. The molecule has 0 heteroatoms. The van der Waals surface area contributed by atoms with Crippen LogP contribution >= 0.6 is 0 Å². The fraction of sp³-hybridized carbons (Fsp3) is 0.750. The first kappa shape index (κ1) is 12.0. The zero-order chi connectivity index (χ0) is 11.1. The van der Waals surface area contributed by atoms with Crippen LogP contribution < -0.4 is 0 Å². The van der Waals surface area contributed by atoms with Crippen molar-refractivity contribution in [2.45, 2.75) is 64.2 Å². The molecular formula is C16H26. The van der Waals surface area contributed by atoms with E-state index in [9.17, 15) is 0 Å². The molecule has 0 spiro atoms. The molecule has 3 aliphatic carbocycles. The molecule has 0 aromatic heterocycles. The molecule has 0 bridgehead atoms. The molecule has 90 valence electrons. The minimum atomic E-state index is 1.08. The first-order valence-electron chi connectivity index (χ1n) is 7.27. The predicted octanol–water partition coefficient (Wildman–Crippen LogP) is 5.26. The summed E-state index contributed by atoms with van der Waals surface area (Å²) >= 11 is 0. The smallest absolute Gasteiger partial charge is 0.0319 e. The van der Waals surface area contributed by atoms with Gasteiger partial charge in [-0.05, 0) is 63.2 Å². The molecule has 0 saturated heterocycles. The second-order valence-corrected chi connectivity index (χ2v) is 5.50. The fourth-order valence-electron chi connectivity index (χ4n) is 3.21. The lowest BCUT2D eigenvalue weighted by molar-refractivity contribution is 0.380. The molecule has 0 heterocycles. The summed E-state index contributed by atoms with van der Waals surface area (Å²) in [5.41, 5.74) is 0. The van der Waals surface area contributed by atoms with Gasteiger partial charge in [0.15, 0.2) is 0 Å². The van der Waals surface area contributed by atoms with Gasteiger partial charge in [-0.15, -0.1) is 0 Å². The molecule has 0 nitrogen and oxygen atoms in total. The normalized spacial score (nSPS) is 32.5. The molecular weight excluding hydrogens is 192 g/mol. The van der Waals surface area contributed by atoms with Crippen LogP contribution in [0.15, 0.2) is 24.3 Å². The van der Waals surface area contributed by atoms with Gasteiger partial charge in [0.05, 0.1) is 0 Å². The second-order valence-electron chi connectivity index (χ2n) is 5.50. The van der Waals surface area contributed by atoms with Crippen molar-refractivity contribution in [1.29, 1.82) is 0 Å². The van der Waals surface area contributed by atoms with Crippen molar-refractivity contribution >= 4 is 0 Å². The van der Waals surface area contributed by atoms with E-state index in [4.69, 9.17) is 0 Å². The molecule has 2 unspecified atom stereocenters. The van der Waals surface area contributed by atoms with Crippen molar-refractivity contribution in [3.8, 4) is 0 Å². The Labute approximate surface area is 101 Å². The van der Waals surface area contributed by atoms with E-state index in [0.29, 0.717) is 0 Å². The molecule has 3 rings (SSSR count). The van der Waals surface area contributed by atoms with Gasteiger partial charge in [-0.1, -0.05) is 37.1 Å². The van der Waals surface area contributed by atoms with E-state index in [2.05, 4.69) is 24.3 Å². The van der Waals surface area contributed by atoms with Gasteiger partial charge >= 0.3 is 0 Å². The van der Waals surface area contributed by atoms with Crippen molar-refractivity contribution in [3.05, 3.63) is 24.3 Å². The van der Waals surface area contributed by atoms with E-state index in [1.54, 1.807) is 0 Å². The van der Waals surface area contributed by atoms with Crippen LogP contribution in [0.2, 0.25) is 0 Å². The summed E-state index contributed by atoms with van der Waals surface area (Å²) in [7, 11) is 0. The van der Waals surface area contributed by atoms with Crippen LogP contribution in [0.5, 0.6) is 0 Å². The van der Waals surface area contributed by atoms with Crippen molar-refractivity contribution in [1.82, 2.24) is 0 Å². The fourth-order valence-corrected chi connectivity index (χ4v) is 3.21. The van der Waals surface area contributed by atoms with Crippen molar-refractivity contribution < 1.29 is 0 Å². The van der Waals surface area contributed by atoms with E-state index in [1.807, 2.05) is 0 Å². The van der Waals surface area contributed by atoms with Crippen LogP contribution in [-0.4, -0.2) is 0 Å². The molecule has 0 N–H and O–H groups in total. The van der Waals surface area contributed by atoms with Gasteiger partial charge in [0.25, 0.3) is 0 Å². The van der Waals surface area contributed by atoms with E-state index in [-0.39, 0.29) is 0 Å². The Balaban J connectivity index is 0.000000125. The average molecular weight is 218 g/mol. The zero-order valence-corrected chi connectivity index (χ0v) is 10.5. The summed E-state index contributed by atoms with van der Waals surface area (Å²) in [4.78, 5) is 0. The van der Waals surface area contributed by atoms with E-state index in [0.717, 1.165) is 11.8 Å². The van der Waals surface area contributed by atoms with Gasteiger partial charge in [0, 0.05) is 0 Å². The Morgan fingerprint density at radius 2 is 1.12 bits per heavy atom. The summed E-state index contributed by atoms with van der Waals surface area (Å²) in [5.74, 6) is 2.16. The topological polar surface area (TPSA) is 0 Å². The van der Waals surface area contributed by atoms with Crippen LogP contribution in [0.1, 0.15) is 64.2 Å². The van der Waals surface area contributed by atoms with Gasteiger partial charge in [-0.3, -0.25) is 0 Å². The highest BCUT2D eigenvalue weighted by Crippen LogP contribution is 2.39. The average Bonchev–Trinajstić information content (AvgIpc) is 2.61. The van der Waals surface area contributed by atoms with Crippen LogP contribution in [0.3, 0.4) is 0 Å². The Morgan fingerprint density at radius 3 is 1.69 bits per heavy atom. The molecule has 0 aromatic rings. The summed E-state index contributed by atoms with van der Waals surface area (Å²) in [5, 5.41) is 0. The lowest BCUT2D eigenvalue weighted by Gasteiger charge is -2.19. The molecule has 1 saturated carbocycles. The van der Waals surface area contributed by atoms with Crippen LogP contribution in [0.25, 0.3) is 0 Å². The summed E-state index contributed by atoms with van der Waals surface area (Å²) < 4.78 is 0. The van der Waals surface area contributed by atoms with Gasteiger partial charge in [0.2, 0.25) is 0 Å². The maximum absolute atomic E-state index is 2.37. The first-order valence-corrected chi connectivity index (χ1v) is 7.27. The maximum Gasteiger partial charge on any atom is -0.0319 e. The third kappa shape index (κ3) is 3.81. The van der Waals surface area contributed by atoms with E-state index >= 15 is 0 Å². The van der Waals surface area contributed by atoms with Crippen LogP contribution in [0, 0.1) is 11.8 Å². The van der Waals surface area contributed by atoms with Crippen LogP contribution in [-0.2, 0) is 0 Å². The monoisotopic (exact) mass is 218 g/mol. The number of rotatable bonds is 0. The maximum atomic E-state index is 2.37. The van der Waals surface area contributed by atoms with E-state index in [1.165, 1.54) is 64.2 Å². The molecule has 3 aliphatic rings. The van der Waals surface area contributed by atoms with Crippen LogP contribution in [0.4, 0.5) is 0 Å². The number of hydrogen-bond acceptors (Lipinski definition) is 0. The highest BCUT2D eigenvalue weighted by atomic mass is 14.3. The molecule has 16 heavy (non-hydrogen) atoms. The summed E-state index contributed by atoms with van der Waals surface area (Å²) in [6.45, 7) is 0. The standard InChI is InChI=1S/C9H14.C7H12/c1-2-5-9-7-3-6-8(9)4-1;1-2-4-6-7-5-3-1/h1-2,8-9H,3-7H2;1-2H,3-7H2. The number of allylic oxidation sites excluding steroid dienone is 4. The van der Waals surface area contributed by atoms with Gasteiger partial charge in [-0.2, -0.15) is 0 Å². The van der Waals surface area contributed by atoms with Gasteiger partial charge in [-0.25, -0.2) is 0 Å². The minimum Gasteiger partial charge on any atom is -0.0885 e. The van der Waals surface area contributed by atoms with E-state index < -0.39 is 0 Å². The van der Waals surface area contributed by atoms with Gasteiger partial charge in [0.1, 0.15) is 0 Å². The predicted molar refractivity (Wildman–Crippen MR) is 71.4 cm³/mol. The largest absolute Gasteiger partial charge is 0.0885 e. The molecule has 1 fully saturated rings. The lowest BCUT2D eigenvalue weighted by Crippen LogP contribution is -2.08. The highest BCUT2D eigenvalue weighted by Gasteiger charge is 2.26. The van der Waals surface area contributed by atoms with Gasteiger partial charge < -0.3 is 0 Å².